The van der Waals surface area contributed by atoms with Crippen LogP contribution in [0.1, 0.15) is 0 Å². The summed E-state index contributed by atoms with van der Waals surface area (Å²) in [7, 11) is 0. The number of rotatable bonds is 1. The SMILES string of the molecule is Oc1c(I)cccc1-c1c(Cl)cccc1Cl. The van der Waals surface area contributed by atoms with E-state index in [4.69, 9.17) is 23.2 Å². The Morgan fingerprint density at radius 3 is 2.12 bits per heavy atom. The third-order valence-corrected chi connectivity index (χ3v) is 3.72. The van der Waals surface area contributed by atoms with Crippen LogP contribution in [0, 0.1) is 3.57 Å². The fourth-order valence-corrected chi connectivity index (χ4v) is 2.57. The van der Waals surface area contributed by atoms with Crippen LogP contribution >= 0.6 is 45.8 Å². The van der Waals surface area contributed by atoms with E-state index in [9.17, 15) is 5.11 Å². The van der Waals surface area contributed by atoms with Crippen molar-refractivity contribution in [1.82, 2.24) is 0 Å². The Hall–Kier alpha value is -0.450. The lowest BCUT2D eigenvalue weighted by molar-refractivity contribution is 0.473. The summed E-state index contributed by atoms with van der Waals surface area (Å²) in [6.45, 7) is 0. The first-order chi connectivity index (χ1) is 7.61. The fourth-order valence-electron chi connectivity index (χ4n) is 1.47. The first kappa shape index (κ1) is 12.0. The molecule has 0 aliphatic rings. The van der Waals surface area contributed by atoms with Crippen LogP contribution in [-0.4, -0.2) is 5.11 Å². The van der Waals surface area contributed by atoms with Gasteiger partial charge in [-0.25, -0.2) is 0 Å². The Morgan fingerprint density at radius 1 is 0.938 bits per heavy atom. The van der Waals surface area contributed by atoms with Gasteiger partial charge in [0.2, 0.25) is 0 Å². The Kier molecular flexibility index (Phi) is 3.62. The number of phenols is 1. The summed E-state index contributed by atoms with van der Waals surface area (Å²) in [6.07, 6.45) is 0. The Bertz CT molecular complexity index is 520. The molecule has 2 rings (SSSR count). The number of aromatic hydroxyl groups is 1. The molecule has 0 saturated carbocycles. The van der Waals surface area contributed by atoms with E-state index in [2.05, 4.69) is 22.6 Å². The van der Waals surface area contributed by atoms with Gasteiger partial charge in [0.1, 0.15) is 5.75 Å². The molecule has 0 unspecified atom stereocenters. The second-order valence-electron chi connectivity index (χ2n) is 3.23. The molecule has 4 heteroatoms. The molecule has 82 valence electrons. The molecule has 0 radical (unpaired) electrons. The van der Waals surface area contributed by atoms with Crippen molar-refractivity contribution in [1.29, 1.82) is 0 Å². The van der Waals surface area contributed by atoms with E-state index >= 15 is 0 Å². The quantitative estimate of drug-likeness (QED) is 0.708. The van der Waals surface area contributed by atoms with Crippen molar-refractivity contribution in [2.75, 3.05) is 0 Å². The maximum Gasteiger partial charge on any atom is 0.136 e. The summed E-state index contributed by atoms with van der Waals surface area (Å²) in [5, 5.41) is 11.0. The largest absolute Gasteiger partial charge is 0.506 e. The predicted octanol–water partition coefficient (Wildman–Crippen LogP) is 4.97. The van der Waals surface area contributed by atoms with Gasteiger partial charge in [-0.2, -0.15) is 0 Å². The summed E-state index contributed by atoms with van der Waals surface area (Å²) in [5.41, 5.74) is 1.32. The zero-order valence-electron chi connectivity index (χ0n) is 8.05. The molecule has 16 heavy (non-hydrogen) atoms. The summed E-state index contributed by atoms with van der Waals surface area (Å²) < 4.78 is 0.770. The monoisotopic (exact) mass is 364 g/mol. The molecular formula is C12H7Cl2IO. The minimum absolute atomic E-state index is 0.207. The zero-order valence-corrected chi connectivity index (χ0v) is 11.7. The number of para-hydroxylation sites is 1. The smallest absolute Gasteiger partial charge is 0.136 e. The predicted molar refractivity (Wildman–Crippen MR) is 76.3 cm³/mol. The number of hydrogen-bond donors (Lipinski definition) is 1. The van der Waals surface area contributed by atoms with Crippen LogP contribution < -0.4 is 0 Å². The molecule has 0 saturated heterocycles. The van der Waals surface area contributed by atoms with Gasteiger partial charge >= 0.3 is 0 Å². The molecule has 0 aliphatic heterocycles. The zero-order chi connectivity index (χ0) is 11.7. The average molecular weight is 365 g/mol. The topological polar surface area (TPSA) is 20.2 Å². The minimum Gasteiger partial charge on any atom is -0.506 e. The van der Waals surface area contributed by atoms with Gasteiger partial charge in [-0.15, -0.1) is 0 Å². The lowest BCUT2D eigenvalue weighted by atomic mass is 10.0. The highest BCUT2D eigenvalue weighted by Crippen LogP contribution is 2.40. The molecule has 0 heterocycles. The fraction of sp³-hybridized carbons (Fsp3) is 0. The molecule has 0 spiro atoms. The molecular weight excluding hydrogens is 358 g/mol. The molecule has 0 amide bonds. The second kappa shape index (κ2) is 4.82. The van der Waals surface area contributed by atoms with Gasteiger partial charge in [0.25, 0.3) is 0 Å². The van der Waals surface area contributed by atoms with E-state index in [1.165, 1.54) is 0 Å². The number of hydrogen-bond acceptors (Lipinski definition) is 1. The van der Waals surface area contributed by atoms with Crippen molar-refractivity contribution in [3.8, 4) is 16.9 Å². The van der Waals surface area contributed by atoms with Crippen molar-refractivity contribution in [3.05, 3.63) is 50.0 Å². The van der Waals surface area contributed by atoms with E-state index in [-0.39, 0.29) is 5.75 Å². The maximum absolute atomic E-state index is 9.98. The third-order valence-electron chi connectivity index (χ3n) is 2.22. The van der Waals surface area contributed by atoms with Crippen molar-refractivity contribution in [2.45, 2.75) is 0 Å². The van der Waals surface area contributed by atoms with Crippen molar-refractivity contribution >= 4 is 45.8 Å². The normalized spacial score (nSPS) is 10.4. The first-order valence-corrected chi connectivity index (χ1v) is 6.36. The van der Waals surface area contributed by atoms with Crippen LogP contribution in [0.5, 0.6) is 5.75 Å². The van der Waals surface area contributed by atoms with Gasteiger partial charge in [-0.1, -0.05) is 41.4 Å². The van der Waals surface area contributed by atoms with Crippen molar-refractivity contribution in [2.24, 2.45) is 0 Å². The highest BCUT2D eigenvalue weighted by Gasteiger charge is 2.13. The van der Waals surface area contributed by atoms with E-state index in [1.54, 1.807) is 24.3 Å². The standard InChI is InChI=1S/C12H7Cl2IO/c13-8-4-2-5-9(14)11(8)7-3-1-6-10(15)12(7)16/h1-6,16H. The molecule has 0 atom stereocenters. The van der Waals surface area contributed by atoms with Gasteiger partial charge in [-0.3, -0.25) is 0 Å². The van der Waals surface area contributed by atoms with Crippen molar-refractivity contribution in [3.63, 3.8) is 0 Å². The van der Waals surface area contributed by atoms with Crippen LogP contribution in [0.25, 0.3) is 11.1 Å². The Labute approximate surface area is 117 Å². The molecule has 1 N–H and O–H groups in total. The summed E-state index contributed by atoms with van der Waals surface area (Å²) >= 11 is 14.2. The van der Waals surface area contributed by atoms with Crippen LogP contribution in [0.3, 0.4) is 0 Å². The van der Waals surface area contributed by atoms with Gasteiger partial charge in [0.05, 0.1) is 13.6 Å². The van der Waals surface area contributed by atoms with Gasteiger partial charge in [-0.05, 0) is 40.8 Å². The Morgan fingerprint density at radius 2 is 1.50 bits per heavy atom. The van der Waals surface area contributed by atoms with Crippen molar-refractivity contribution < 1.29 is 5.11 Å². The van der Waals surface area contributed by atoms with Crippen LogP contribution in [0.4, 0.5) is 0 Å². The number of halogens is 3. The summed E-state index contributed by atoms with van der Waals surface area (Å²) in [6, 6.07) is 10.8. The van der Waals surface area contributed by atoms with E-state index in [1.807, 2.05) is 12.1 Å². The number of benzene rings is 2. The lowest BCUT2D eigenvalue weighted by Crippen LogP contribution is -1.84. The molecule has 0 fully saturated rings. The molecule has 1 nitrogen and oxygen atoms in total. The minimum atomic E-state index is 0.207. The van der Waals surface area contributed by atoms with Crippen LogP contribution in [-0.2, 0) is 0 Å². The van der Waals surface area contributed by atoms with Gasteiger partial charge in [0, 0.05) is 11.1 Å². The average Bonchev–Trinajstić information content (AvgIpc) is 2.24. The highest BCUT2D eigenvalue weighted by molar-refractivity contribution is 14.1. The second-order valence-corrected chi connectivity index (χ2v) is 5.21. The highest BCUT2D eigenvalue weighted by atomic mass is 127. The van der Waals surface area contributed by atoms with E-state index in [0.29, 0.717) is 21.2 Å². The maximum atomic E-state index is 9.98. The summed E-state index contributed by atoms with van der Waals surface area (Å²) in [5.74, 6) is 0.207. The van der Waals surface area contributed by atoms with Crippen LogP contribution in [0.15, 0.2) is 36.4 Å². The van der Waals surface area contributed by atoms with Gasteiger partial charge < -0.3 is 5.11 Å². The summed E-state index contributed by atoms with van der Waals surface area (Å²) in [4.78, 5) is 0. The number of phenolic OH excluding ortho intramolecular Hbond substituents is 1. The third kappa shape index (κ3) is 2.14. The lowest BCUT2D eigenvalue weighted by Gasteiger charge is -2.09. The molecule has 0 aliphatic carbocycles. The van der Waals surface area contributed by atoms with E-state index < -0.39 is 0 Å². The molecule has 2 aromatic carbocycles. The van der Waals surface area contributed by atoms with Gasteiger partial charge in [0.15, 0.2) is 0 Å². The first-order valence-electron chi connectivity index (χ1n) is 4.53. The Balaban J connectivity index is 2.73. The van der Waals surface area contributed by atoms with Crippen LogP contribution in [0.2, 0.25) is 10.0 Å². The van der Waals surface area contributed by atoms with E-state index in [0.717, 1.165) is 3.57 Å². The molecule has 0 bridgehead atoms. The molecule has 2 aromatic rings. The molecule has 0 aromatic heterocycles.